The molecule has 4 rings (SSSR count). The summed E-state index contributed by atoms with van der Waals surface area (Å²) in [5, 5.41) is 4.68. The fourth-order valence-corrected chi connectivity index (χ4v) is 5.07. The van der Waals surface area contributed by atoms with Gasteiger partial charge in [-0.05, 0) is 55.4 Å². The van der Waals surface area contributed by atoms with Crippen LogP contribution in [0.2, 0.25) is 0 Å². The molecule has 156 valence electrons. The summed E-state index contributed by atoms with van der Waals surface area (Å²) in [6.07, 6.45) is 5.95. The number of nitrogens with one attached hydrogen (secondary N) is 1. The summed E-state index contributed by atoms with van der Waals surface area (Å²) in [5.41, 5.74) is 4.26. The summed E-state index contributed by atoms with van der Waals surface area (Å²) >= 11 is 1.60. The van der Waals surface area contributed by atoms with E-state index in [0.29, 0.717) is 17.1 Å². The SMILES string of the molecule is COc1cccc(/C=N/NC(=O)[C@@H](C)n2cnc3sc4c(c3c2=O)CC[C@H](C)C4)c1. The minimum Gasteiger partial charge on any atom is -0.497 e. The van der Waals surface area contributed by atoms with E-state index in [2.05, 4.69) is 22.4 Å². The molecule has 7 nitrogen and oxygen atoms in total. The van der Waals surface area contributed by atoms with Gasteiger partial charge in [0.1, 0.15) is 16.6 Å². The first-order valence-electron chi connectivity index (χ1n) is 9.96. The van der Waals surface area contributed by atoms with Crippen LogP contribution in [0.4, 0.5) is 0 Å². The summed E-state index contributed by atoms with van der Waals surface area (Å²) in [6, 6.07) is 6.60. The Bertz CT molecular complexity index is 1180. The Morgan fingerprint density at radius 2 is 2.30 bits per heavy atom. The van der Waals surface area contributed by atoms with E-state index >= 15 is 0 Å². The van der Waals surface area contributed by atoms with Crippen LogP contribution in [0, 0.1) is 5.92 Å². The molecule has 0 fully saturated rings. The van der Waals surface area contributed by atoms with Gasteiger partial charge in [-0.15, -0.1) is 11.3 Å². The van der Waals surface area contributed by atoms with Crippen LogP contribution in [0.15, 0.2) is 40.5 Å². The zero-order valence-corrected chi connectivity index (χ0v) is 18.0. The second-order valence-corrected chi connectivity index (χ2v) is 8.76. The Balaban J connectivity index is 1.54. The Hall–Kier alpha value is -3.00. The third kappa shape index (κ3) is 3.87. The molecule has 8 heteroatoms. The quantitative estimate of drug-likeness (QED) is 0.503. The molecule has 1 aliphatic rings. The first-order valence-corrected chi connectivity index (χ1v) is 10.8. The predicted molar refractivity (Wildman–Crippen MR) is 119 cm³/mol. The van der Waals surface area contributed by atoms with Crippen LogP contribution in [0.1, 0.15) is 42.3 Å². The maximum atomic E-state index is 13.2. The number of carbonyl (C=O) groups excluding carboxylic acids is 1. The van der Waals surface area contributed by atoms with E-state index < -0.39 is 6.04 Å². The van der Waals surface area contributed by atoms with Gasteiger partial charge in [-0.3, -0.25) is 14.2 Å². The van der Waals surface area contributed by atoms with E-state index in [1.54, 1.807) is 25.4 Å². The first kappa shape index (κ1) is 20.3. The number of ether oxygens (including phenoxy) is 1. The minimum atomic E-state index is -0.727. The molecular weight excluding hydrogens is 400 g/mol. The van der Waals surface area contributed by atoms with Crippen LogP contribution in [-0.2, 0) is 17.6 Å². The van der Waals surface area contributed by atoms with Crippen LogP contribution < -0.4 is 15.7 Å². The molecular formula is C22H24N4O3S. The van der Waals surface area contributed by atoms with E-state index in [9.17, 15) is 9.59 Å². The third-order valence-electron chi connectivity index (χ3n) is 5.52. The molecule has 2 heterocycles. The van der Waals surface area contributed by atoms with Gasteiger partial charge in [0, 0.05) is 4.88 Å². The molecule has 1 N–H and O–H groups in total. The van der Waals surface area contributed by atoms with E-state index in [1.807, 2.05) is 24.3 Å². The Kier molecular flexibility index (Phi) is 5.67. The van der Waals surface area contributed by atoms with Crippen molar-refractivity contribution in [2.24, 2.45) is 11.0 Å². The van der Waals surface area contributed by atoms with Gasteiger partial charge < -0.3 is 4.74 Å². The van der Waals surface area contributed by atoms with Gasteiger partial charge in [0.2, 0.25) is 0 Å². The molecule has 0 saturated carbocycles. The maximum absolute atomic E-state index is 13.2. The predicted octanol–water partition coefficient (Wildman–Crippen LogP) is 3.30. The van der Waals surface area contributed by atoms with Crippen LogP contribution in [-0.4, -0.2) is 28.8 Å². The molecule has 30 heavy (non-hydrogen) atoms. The van der Waals surface area contributed by atoms with Crippen molar-refractivity contribution in [2.75, 3.05) is 7.11 Å². The average molecular weight is 425 g/mol. The zero-order valence-electron chi connectivity index (χ0n) is 17.2. The van der Waals surface area contributed by atoms with Gasteiger partial charge in [-0.25, -0.2) is 10.4 Å². The summed E-state index contributed by atoms with van der Waals surface area (Å²) in [7, 11) is 1.59. The van der Waals surface area contributed by atoms with Gasteiger partial charge in [0.25, 0.3) is 11.5 Å². The van der Waals surface area contributed by atoms with Gasteiger partial charge in [0.15, 0.2) is 0 Å². The second-order valence-electron chi connectivity index (χ2n) is 7.68. The van der Waals surface area contributed by atoms with Crippen LogP contribution in [0.25, 0.3) is 10.2 Å². The number of nitrogens with zero attached hydrogens (tertiary/aromatic N) is 3. The number of aryl methyl sites for hydroxylation is 1. The standard InChI is InChI=1S/C22H24N4O3S/c1-13-7-8-17-18(9-13)30-21-19(17)22(28)26(12-23-21)14(2)20(27)25-24-11-15-5-4-6-16(10-15)29-3/h4-6,10-14H,7-9H2,1-3H3,(H,25,27)/b24-11+/t13-,14+/m0/s1. The van der Waals surface area contributed by atoms with Crippen molar-refractivity contribution in [3.63, 3.8) is 0 Å². The van der Waals surface area contributed by atoms with Crippen molar-refractivity contribution in [1.29, 1.82) is 0 Å². The highest BCUT2D eigenvalue weighted by atomic mass is 32.1. The fourth-order valence-electron chi connectivity index (χ4n) is 3.73. The number of fused-ring (bicyclic) bond motifs is 3. The van der Waals surface area contributed by atoms with E-state index in [1.165, 1.54) is 22.0 Å². The van der Waals surface area contributed by atoms with Crippen molar-refractivity contribution in [1.82, 2.24) is 15.0 Å². The number of rotatable bonds is 5. The molecule has 0 unspecified atom stereocenters. The van der Waals surface area contributed by atoms with E-state index in [4.69, 9.17) is 4.74 Å². The van der Waals surface area contributed by atoms with Crippen LogP contribution in [0.5, 0.6) is 5.75 Å². The molecule has 1 aliphatic carbocycles. The summed E-state index contributed by atoms with van der Waals surface area (Å²) in [6.45, 7) is 3.91. The highest BCUT2D eigenvalue weighted by Gasteiger charge is 2.25. The molecule has 1 aromatic carbocycles. The van der Waals surface area contributed by atoms with Gasteiger partial charge in [-0.1, -0.05) is 19.1 Å². The number of amides is 1. The number of benzene rings is 1. The van der Waals surface area contributed by atoms with E-state index in [0.717, 1.165) is 35.2 Å². The third-order valence-corrected chi connectivity index (χ3v) is 6.68. The second kappa shape index (κ2) is 8.39. The normalized spacial score (nSPS) is 17.1. The summed E-state index contributed by atoms with van der Waals surface area (Å²) in [5.74, 6) is 0.952. The number of hydrazone groups is 1. The van der Waals surface area contributed by atoms with Gasteiger partial charge in [-0.2, -0.15) is 5.10 Å². The molecule has 2 aromatic heterocycles. The number of thiophene rings is 1. The summed E-state index contributed by atoms with van der Waals surface area (Å²) in [4.78, 5) is 32.2. The summed E-state index contributed by atoms with van der Waals surface area (Å²) < 4.78 is 6.56. The molecule has 0 aliphatic heterocycles. The van der Waals surface area contributed by atoms with E-state index in [-0.39, 0.29) is 11.5 Å². The smallest absolute Gasteiger partial charge is 0.263 e. The topological polar surface area (TPSA) is 85.6 Å². The minimum absolute atomic E-state index is 0.161. The van der Waals surface area contributed by atoms with Crippen molar-refractivity contribution >= 4 is 33.7 Å². The molecule has 0 spiro atoms. The monoisotopic (exact) mass is 424 g/mol. The molecule has 3 aromatic rings. The van der Waals surface area contributed by atoms with Gasteiger partial charge in [0.05, 0.1) is 25.0 Å². The van der Waals surface area contributed by atoms with Crippen LogP contribution in [0.3, 0.4) is 0 Å². The number of aromatic nitrogens is 2. The first-order chi connectivity index (χ1) is 14.5. The van der Waals surface area contributed by atoms with Crippen molar-refractivity contribution in [3.05, 3.63) is 57.0 Å². The molecule has 0 saturated heterocycles. The maximum Gasteiger partial charge on any atom is 0.263 e. The number of hydrogen-bond acceptors (Lipinski definition) is 6. The average Bonchev–Trinajstić information content (AvgIpc) is 3.11. The molecule has 0 radical (unpaired) electrons. The van der Waals surface area contributed by atoms with Crippen molar-refractivity contribution in [3.8, 4) is 5.75 Å². The van der Waals surface area contributed by atoms with Gasteiger partial charge >= 0.3 is 0 Å². The lowest BCUT2D eigenvalue weighted by atomic mass is 9.89. The number of hydrogen-bond donors (Lipinski definition) is 1. The Morgan fingerprint density at radius 3 is 3.10 bits per heavy atom. The zero-order chi connectivity index (χ0) is 21.3. The Labute approximate surface area is 178 Å². The Morgan fingerprint density at radius 1 is 1.47 bits per heavy atom. The lowest BCUT2D eigenvalue weighted by Gasteiger charge is -2.18. The lowest BCUT2D eigenvalue weighted by molar-refractivity contribution is -0.123. The highest BCUT2D eigenvalue weighted by molar-refractivity contribution is 7.18. The molecule has 2 atom stereocenters. The van der Waals surface area contributed by atoms with Crippen LogP contribution >= 0.6 is 11.3 Å². The molecule has 0 bridgehead atoms. The van der Waals surface area contributed by atoms with Crippen molar-refractivity contribution in [2.45, 2.75) is 39.2 Å². The number of methoxy groups -OCH3 is 1. The molecule has 1 amide bonds. The largest absolute Gasteiger partial charge is 0.497 e. The fraction of sp³-hybridized carbons (Fsp3) is 0.364. The highest BCUT2D eigenvalue weighted by Crippen LogP contribution is 2.35. The number of carbonyl (C=O) groups is 1. The van der Waals surface area contributed by atoms with Crippen molar-refractivity contribution < 1.29 is 9.53 Å². The lowest BCUT2D eigenvalue weighted by Crippen LogP contribution is -2.34.